The molecule has 2 rings (SSSR count). The third kappa shape index (κ3) is 2.70. The van der Waals surface area contributed by atoms with E-state index < -0.39 is 0 Å². The average molecular weight is 209 g/mol. The summed E-state index contributed by atoms with van der Waals surface area (Å²) in [6.45, 7) is 2.32. The maximum absolute atomic E-state index is 9.15. The Morgan fingerprint density at radius 1 is 1.40 bits per heavy atom. The fraction of sp³-hybridized carbons (Fsp3) is 0.917. The van der Waals surface area contributed by atoms with E-state index in [1.807, 2.05) is 0 Å². The number of nitrogens with zero attached hydrogens (tertiary/aromatic N) is 1. The van der Waals surface area contributed by atoms with Gasteiger partial charge < -0.3 is 9.47 Å². The van der Waals surface area contributed by atoms with Gasteiger partial charge in [0.2, 0.25) is 0 Å². The zero-order chi connectivity index (χ0) is 10.6. The molecule has 0 radical (unpaired) electrons. The molecule has 15 heavy (non-hydrogen) atoms. The minimum atomic E-state index is -0.182. The van der Waals surface area contributed by atoms with Crippen molar-refractivity contribution < 1.29 is 9.47 Å². The molecule has 2 fully saturated rings. The second-order valence-electron chi connectivity index (χ2n) is 4.72. The molecule has 0 spiro atoms. The molecule has 0 bridgehead atoms. The van der Waals surface area contributed by atoms with E-state index in [4.69, 9.17) is 14.7 Å². The molecule has 2 saturated heterocycles. The second-order valence-corrected chi connectivity index (χ2v) is 4.72. The molecule has 0 aromatic carbocycles. The molecule has 3 heteroatoms. The standard InChI is InChI=1S/C12H19NO2/c13-9-12(6-8-14-10-12)5-1-3-11-4-2-7-15-11/h11H,1-8,10H2. The summed E-state index contributed by atoms with van der Waals surface area (Å²) in [6.07, 6.45) is 6.97. The van der Waals surface area contributed by atoms with Crippen molar-refractivity contribution in [3.05, 3.63) is 0 Å². The Morgan fingerprint density at radius 2 is 2.33 bits per heavy atom. The first-order valence-corrected chi connectivity index (χ1v) is 5.95. The molecule has 2 aliphatic rings. The fourth-order valence-electron chi connectivity index (χ4n) is 2.49. The molecule has 2 unspecified atom stereocenters. The average Bonchev–Trinajstić information content (AvgIpc) is 2.89. The van der Waals surface area contributed by atoms with Crippen LogP contribution in [0.25, 0.3) is 0 Å². The van der Waals surface area contributed by atoms with Crippen molar-refractivity contribution in [2.75, 3.05) is 19.8 Å². The van der Waals surface area contributed by atoms with E-state index in [0.717, 1.165) is 38.9 Å². The summed E-state index contributed by atoms with van der Waals surface area (Å²) in [7, 11) is 0. The predicted octanol–water partition coefficient (Wildman–Crippen LogP) is 2.27. The summed E-state index contributed by atoms with van der Waals surface area (Å²) in [4.78, 5) is 0. The van der Waals surface area contributed by atoms with E-state index in [1.54, 1.807) is 0 Å². The summed E-state index contributed by atoms with van der Waals surface area (Å²) >= 11 is 0. The van der Waals surface area contributed by atoms with E-state index in [9.17, 15) is 0 Å². The minimum Gasteiger partial charge on any atom is -0.380 e. The smallest absolute Gasteiger partial charge is 0.0828 e. The Kier molecular flexibility index (Phi) is 3.61. The van der Waals surface area contributed by atoms with Gasteiger partial charge in [-0.15, -0.1) is 0 Å². The van der Waals surface area contributed by atoms with Crippen LogP contribution in [0.3, 0.4) is 0 Å². The van der Waals surface area contributed by atoms with Gasteiger partial charge in [0.15, 0.2) is 0 Å². The zero-order valence-electron chi connectivity index (χ0n) is 9.21. The van der Waals surface area contributed by atoms with Crippen LogP contribution in [0.1, 0.15) is 38.5 Å². The Hall–Kier alpha value is -0.590. The Labute approximate surface area is 91.4 Å². The second kappa shape index (κ2) is 4.96. The van der Waals surface area contributed by atoms with Gasteiger partial charge in [0.1, 0.15) is 0 Å². The Balaban J connectivity index is 1.70. The SMILES string of the molecule is N#CC1(CCCC2CCCO2)CCOC1. The fourth-order valence-corrected chi connectivity index (χ4v) is 2.49. The Morgan fingerprint density at radius 3 is 2.93 bits per heavy atom. The molecule has 0 N–H and O–H groups in total. The van der Waals surface area contributed by atoms with Crippen LogP contribution in [-0.2, 0) is 9.47 Å². The summed E-state index contributed by atoms with van der Waals surface area (Å²) in [5, 5.41) is 9.15. The van der Waals surface area contributed by atoms with Gasteiger partial charge >= 0.3 is 0 Å². The zero-order valence-corrected chi connectivity index (χ0v) is 9.21. The number of hydrogen-bond donors (Lipinski definition) is 0. The number of ether oxygens (including phenoxy) is 2. The van der Waals surface area contributed by atoms with Crippen LogP contribution >= 0.6 is 0 Å². The van der Waals surface area contributed by atoms with Crippen molar-refractivity contribution in [3.63, 3.8) is 0 Å². The molecule has 3 nitrogen and oxygen atoms in total. The van der Waals surface area contributed by atoms with E-state index in [2.05, 4.69) is 6.07 Å². The summed E-state index contributed by atoms with van der Waals surface area (Å²) in [6, 6.07) is 2.44. The number of rotatable bonds is 4. The van der Waals surface area contributed by atoms with Crippen molar-refractivity contribution in [1.82, 2.24) is 0 Å². The highest BCUT2D eigenvalue weighted by Crippen LogP contribution is 2.34. The van der Waals surface area contributed by atoms with Crippen LogP contribution in [0.2, 0.25) is 0 Å². The quantitative estimate of drug-likeness (QED) is 0.713. The lowest BCUT2D eigenvalue weighted by Crippen LogP contribution is -2.19. The molecular weight excluding hydrogens is 190 g/mol. The van der Waals surface area contributed by atoms with Crippen molar-refractivity contribution in [3.8, 4) is 6.07 Å². The first kappa shape index (κ1) is 10.9. The van der Waals surface area contributed by atoms with Crippen LogP contribution in [0.5, 0.6) is 0 Å². The third-order valence-electron chi connectivity index (χ3n) is 3.55. The van der Waals surface area contributed by atoms with Gasteiger partial charge in [0.05, 0.1) is 24.2 Å². The first-order valence-electron chi connectivity index (χ1n) is 5.95. The summed E-state index contributed by atoms with van der Waals surface area (Å²) in [5.41, 5.74) is -0.182. The molecule has 0 amide bonds. The molecular formula is C12H19NO2. The van der Waals surface area contributed by atoms with Crippen LogP contribution in [0, 0.1) is 16.7 Å². The summed E-state index contributed by atoms with van der Waals surface area (Å²) < 4.78 is 10.9. The van der Waals surface area contributed by atoms with Crippen LogP contribution in [0.15, 0.2) is 0 Å². The molecule has 2 atom stereocenters. The van der Waals surface area contributed by atoms with Crippen molar-refractivity contribution >= 4 is 0 Å². The molecule has 84 valence electrons. The van der Waals surface area contributed by atoms with Gasteiger partial charge in [0, 0.05) is 13.2 Å². The number of nitriles is 1. The highest BCUT2D eigenvalue weighted by atomic mass is 16.5. The Bertz CT molecular complexity index is 234. The molecule has 2 aliphatic heterocycles. The van der Waals surface area contributed by atoms with Gasteiger partial charge in [-0.05, 0) is 38.5 Å². The topological polar surface area (TPSA) is 42.2 Å². The van der Waals surface area contributed by atoms with E-state index >= 15 is 0 Å². The van der Waals surface area contributed by atoms with Gasteiger partial charge in [-0.3, -0.25) is 0 Å². The normalized spacial score (nSPS) is 35.5. The largest absolute Gasteiger partial charge is 0.380 e. The predicted molar refractivity (Wildman–Crippen MR) is 56.3 cm³/mol. The molecule has 0 aromatic heterocycles. The lowest BCUT2D eigenvalue weighted by atomic mass is 9.83. The maximum atomic E-state index is 9.15. The maximum Gasteiger partial charge on any atom is 0.0828 e. The van der Waals surface area contributed by atoms with Gasteiger partial charge in [0.25, 0.3) is 0 Å². The van der Waals surface area contributed by atoms with Gasteiger partial charge in [-0.1, -0.05) is 0 Å². The van der Waals surface area contributed by atoms with Gasteiger partial charge in [-0.25, -0.2) is 0 Å². The van der Waals surface area contributed by atoms with Crippen LogP contribution in [0.4, 0.5) is 0 Å². The highest BCUT2D eigenvalue weighted by Gasteiger charge is 2.34. The monoisotopic (exact) mass is 209 g/mol. The third-order valence-corrected chi connectivity index (χ3v) is 3.55. The van der Waals surface area contributed by atoms with E-state index in [1.165, 1.54) is 12.8 Å². The molecule has 0 aliphatic carbocycles. The van der Waals surface area contributed by atoms with Crippen LogP contribution < -0.4 is 0 Å². The van der Waals surface area contributed by atoms with E-state index in [-0.39, 0.29) is 5.41 Å². The lowest BCUT2D eigenvalue weighted by molar-refractivity contribution is 0.0981. The van der Waals surface area contributed by atoms with Crippen molar-refractivity contribution in [2.24, 2.45) is 5.41 Å². The minimum absolute atomic E-state index is 0.182. The molecule has 0 saturated carbocycles. The molecule has 0 aromatic rings. The highest BCUT2D eigenvalue weighted by molar-refractivity contribution is 5.01. The lowest BCUT2D eigenvalue weighted by Gasteiger charge is -2.18. The van der Waals surface area contributed by atoms with Gasteiger partial charge in [-0.2, -0.15) is 5.26 Å². The van der Waals surface area contributed by atoms with Crippen molar-refractivity contribution in [2.45, 2.75) is 44.6 Å². The van der Waals surface area contributed by atoms with Crippen molar-refractivity contribution in [1.29, 1.82) is 5.26 Å². The first-order chi connectivity index (χ1) is 7.35. The molecule has 2 heterocycles. The van der Waals surface area contributed by atoms with Crippen LogP contribution in [-0.4, -0.2) is 25.9 Å². The number of hydrogen-bond acceptors (Lipinski definition) is 3. The summed E-state index contributed by atoms with van der Waals surface area (Å²) in [5.74, 6) is 0. The van der Waals surface area contributed by atoms with E-state index in [0.29, 0.717) is 12.7 Å².